The van der Waals surface area contributed by atoms with Crippen molar-refractivity contribution in [3.63, 3.8) is 0 Å². The van der Waals surface area contributed by atoms with Crippen LogP contribution in [0.1, 0.15) is 30.1 Å². The van der Waals surface area contributed by atoms with Crippen molar-refractivity contribution >= 4 is 34.6 Å². The summed E-state index contributed by atoms with van der Waals surface area (Å²) in [6.07, 6.45) is 5.93. The number of ether oxygens (including phenoxy) is 1. The smallest absolute Gasteiger partial charge is 0.344 e. The lowest BCUT2D eigenvalue weighted by molar-refractivity contribution is 0.0529. The number of aromatic amines is 1. The maximum absolute atomic E-state index is 12.4. The molecule has 0 atom stereocenters. The maximum Gasteiger partial charge on any atom is 0.344 e. The molecule has 0 radical (unpaired) electrons. The van der Waals surface area contributed by atoms with Gasteiger partial charge in [0.15, 0.2) is 5.16 Å². The number of carbonyl (C=O) groups excluding carboxylic acids is 1. The molecule has 1 saturated heterocycles. The van der Waals surface area contributed by atoms with Crippen molar-refractivity contribution in [1.82, 2.24) is 15.0 Å². The molecule has 0 bridgehead atoms. The van der Waals surface area contributed by atoms with Crippen LogP contribution in [0.15, 0.2) is 11.4 Å². The van der Waals surface area contributed by atoms with Gasteiger partial charge in [-0.2, -0.15) is 0 Å². The van der Waals surface area contributed by atoms with Crippen LogP contribution >= 0.6 is 11.8 Å². The van der Waals surface area contributed by atoms with E-state index in [2.05, 4.69) is 19.9 Å². The van der Waals surface area contributed by atoms with Crippen molar-refractivity contribution in [2.45, 2.75) is 24.9 Å². The Labute approximate surface area is 127 Å². The number of nitrogens with one attached hydrogen (secondary N) is 1. The summed E-state index contributed by atoms with van der Waals surface area (Å²) < 4.78 is 5.22. The van der Waals surface area contributed by atoms with Crippen LogP contribution in [0.3, 0.4) is 0 Å². The van der Waals surface area contributed by atoms with Crippen molar-refractivity contribution in [2.75, 3.05) is 30.9 Å². The Balaban J connectivity index is 2.15. The van der Waals surface area contributed by atoms with E-state index in [1.165, 1.54) is 11.8 Å². The number of hydrogen-bond donors (Lipinski definition) is 1. The van der Waals surface area contributed by atoms with Crippen LogP contribution in [0.5, 0.6) is 0 Å². The lowest BCUT2D eigenvalue weighted by Crippen LogP contribution is -2.21. The summed E-state index contributed by atoms with van der Waals surface area (Å²) in [5.41, 5.74) is 1.96. The average molecular weight is 306 g/mol. The lowest BCUT2D eigenvalue weighted by atomic mass is 10.2. The number of anilines is 1. The largest absolute Gasteiger partial charge is 0.462 e. The maximum atomic E-state index is 12.4. The molecular formula is C14H18N4O2S. The number of esters is 1. The van der Waals surface area contributed by atoms with Gasteiger partial charge >= 0.3 is 5.97 Å². The van der Waals surface area contributed by atoms with E-state index in [1.807, 2.05) is 13.2 Å². The van der Waals surface area contributed by atoms with E-state index < -0.39 is 0 Å². The summed E-state index contributed by atoms with van der Waals surface area (Å²) in [5, 5.41) is 0.653. The molecule has 1 aliphatic heterocycles. The van der Waals surface area contributed by atoms with Gasteiger partial charge in [-0.15, -0.1) is 0 Å². The Bertz CT molecular complexity index is 664. The van der Waals surface area contributed by atoms with Crippen molar-refractivity contribution in [2.24, 2.45) is 0 Å². The van der Waals surface area contributed by atoms with Crippen molar-refractivity contribution < 1.29 is 9.53 Å². The van der Waals surface area contributed by atoms with E-state index in [1.54, 1.807) is 6.20 Å². The fourth-order valence-corrected chi connectivity index (χ4v) is 2.96. The average Bonchev–Trinajstić information content (AvgIpc) is 3.13. The van der Waals surface area contributed by atoms with Gasteiger partial charge in [0.1, 0.15) is 16.9 Å². The van der Waals surface area contributed by atoms with Gasteiger partial charge in [-0.1, -0.05) is 11.8 Å². The molecule has 21 heavy (non-hydrogen) atoms. The first-order valence-electron chi connectivity index (χ1n) is 7.09. The number of aromatic nitrogens is 3. The standard InChI is InChI=1S/C14H18N4O2S/c1-3-20-13(19)10-11-9(8-15-14(17-11)21-2)16-12(10)18-6-4-5-7-18/h8,16H,3-7H2,1-2H3. The van der Waals surface area contributed by atoms with E-state index in [0.29, 0.717) is 22.8 Å². The molecule has 6 nitrogen and oxygen atoms in total. The highest BCUT2D eigenvalue weighted by atomic mass is 32.2. The molecule has 112 valence electrons. The minimum Gasteiger partial charge on any atom is -0.462 e. The molecule has 0 amide bonds. The minimum atomic E-state index is -0.323. The normalized spacial score (nSPS) is 14.9. The van der Waals surface area contributed by atoms with Crippen molar-refractivity contribution in [3.05, 3.63) is 11.8 Å². The molecule has 0 aromatic carbocycles. The molecule has 0 aliphatic carbocycles. The van der Waals surface area contributed by atoms with Gasteiger partial charge in [0.05, 0.1) is 18.3 Å². The second-order valence-corrected chi connectivity index (χ2v) is 5.66. The molecule has 0 saturated carbocycles. The Morgan fingerprint density at radius 3 is 2.90 bits per heavy atom. The summed E-state index contributed by atoms with van der Waals surface area (Å²) in [5.74, 6) is 0.491. The number of hydrogen-bond acceptors (Lipinski definition) is 6. The number of carbonyl (C=O) groups is 1. The third-order valence-corrected chi connectivity index (χ3v) is 4.14. The number of rotatable bonds is 4. The third-order valence-electron chi connectivity index (χ3n) is 3.58. The van der Waals surface area contributed by atoms with Gasteiger partial charge < -0.3 is 14.6 Å². The van der Waals surface area contributed by atoms with Gasteiger partial charge in [-0.25, -0.2) is 14.8 Å². The quantitative estimate of drug-likeness (QED) is 0.531. The Morgan fingerprint density at radius 2 is 2.24 bits per heavy atom. The molecule has 1 N–H and O–H groups in total. The van der Waals surface area contributed by atoms with Crippen LogP contribution in [0.25, 0.3) is 11.0 Å². The SMILES string of the molecule is CCOC(=O)c1c(N2CCCC2)[nH]c2cnc(SC)nc12. The molecule has 0 unspecified atom stereocenters. The lowest BCUT2D eigenvalue weighted by Gasteiger charge is -2.16. The zero-order chi connectivity index (χ0) is 14.8. The fraction of sp³-hybridized carbons (Fsp3) is 0.500. The minimum absolute atomic E-state index is 0.323. The summed E-state index contributed by atoms with van der Waals surface area (Å²) in [7, 11) is 0. The van der Waals surface area contributed by atoms with E-state index in [4.69, 9.17) is 4.74 Å². The van der Waals surface area contributed by atoms with E-state index in [9.17, 15) is 4.79 Å². The van der Waals surface area contributed by atoms with Gasteiger partial charge in [0.25, 0.3) is 0 Å². The highest BCUT2D eigenvalue weighted by Gasteiger charge is 2.26. The molecule has 1 aliphatic rings. The highest BCUT2D eigenvalue weighted by molar-refractivity contribution is 7.98. The Kier molecular flexibility index (Phi) is 4.01. The molecule has 3 rings (SSSR count). The summed E-state index contributed by atoms with van der Waals surface area (Å²) in [6.45, 7) is 4.06. The van der Waals surface area contributed by atoms with E-state index in [-0.39, 0.29) is 5.97 Å². The highest BCUT2D eigenvalue weighted by Crippen LogP contribution is 2.31. The summed E-state index contributed by atoms with van der Waals surface area (Å²) in [6, 6.07) is 0. The predicted octanol–water partition coefficient (Wildman–Crippen LogP) is 2.46. The molecule has 1 fully saturated rings. The molecule has 2 aromatic heterocycles. The van der Waals surface area contributed by atoms with Crippen LogP contribution in [0, 0.1) is 0 Å². The number of H-pyrrole nitrogens is 1. The molecule has 0 spiro atoms. The van der Waals surface area contributed by atoms with Crippen LogP contribution in [-0.4, -0.2) is 46.9 Å². The van der Waals surface area contributed by atoms with E-state index in [0.717, 1.165) is 37.3 Å². The first-order chi connectivity index (χ1) is 10.2. The zero-order valence-electron chi connectivity index (χ0n) is 12.2. The van der Waals surface area contributed by atoms with Crippen LogP contribution in [0.4, 0.5) is 5.82 Å². The van der Waals surface area contributed by atoms with Gasteiger partial charge in [0, 0.05) is 13.1 Å². The number of thioether (sulfide) groups is 1. The molecular weight excluding hydrogens is 288 g/mol. The molecule has 7 heteroatoms. The van der Waals surface area contributed by atoms with Gasteiger partial charge in [-0.05, 0) is 26.0 Å². The van der Waals surface area contributed by atoms with E-state index >= 15 is 0 Å². The summed E-state index contributed by atoms with van der Waals surface area (Å²) >= 11 is 1.46. The second kappa shape index (κ2) is 5.93. The fourth-order valence-electron chi connectivity index (χ4n) is 2.62. The summed E-state index contributed by atoms with van der Waals surface area (Å²) in [4.78, 5) is 26.6. The number of nitrogens with zero attached hydrogens (tertiary/aromatic N) is 3. The van der Waals surface area contributed by atoms with Crippen molar-refractivity contribution in [3.8, 4) is 0 Å². The van der Waals surface area contributed by atoms with Crippen molar-refractivity contribution in [1.29, 1.82) is 0 Å². The first kappa shape index (κ1) is 14.2. The monoisotopic (exact) mass is 306 g/mol. The van der Waals surface area contributed by atoms with Crippen LogP contribution in [0.2, 0.25) is 0 Å². The van der Waals surface area contributed by atoms with Gasteiger partial charge in [0.2, 0.25) is 0 Å². The van der Waals surface area contributed by atoms with Crippen LogP contribution in [-0.2, 0) is 4.74 Å². The van der Waals surface area contributed by atoms with Gasteiger partial charge in [-0.3, -0.25) is 0 Å². The Morgan fingerprint density at radius 1 is 1.48 bits per heavy atom. The second-order valence-electron chi connectivity index (χ2n) is 4.88. The predicted molar refractivity (Wildman–Crippen MR) is 83.1 cm³/mol. The Hall–Kier alpha value is -1.76. The molecule has 3 heterocycles. The molecule has 2 aromatic rings. The topological polar surface area (TPSA) is 71.1 Å². The van der Waals surface area contributed by atoms with Crippen LogP contribution < -0.4 is 4.90 Å². The third kappa shape index (κ3) is 2.57. The zero-order valence-corrected chi connectivity index (χ0v) is 13.0. The first-order valence-corrected chi connectivity index (χ1v) is 8.31. The number of fused-ring (bicyclic) bond motifs is 1.